The van der Waals surface area contributed by atoms with E-state index < -0.39 is 17.8 Å². The zero-order chi connectivity index (χ0) is 25.9. The molecule has 0 radical (unpaired) electrons. The van der Waals surface area contributed by atoms with Gasteiger partial charge >= 0.3 is 6.03 Å². The Balaban J connectivity index is 1.34. The molecule has 0 unspecified atom stereocenters. The molecule has 4 aromatic rings. The number of carbonyl (C=O) groups is 2. The van der Waals surface area contributed by atoms with Crippen LogP contribution in [0.25, 0.3) is 16.8 Å². The molecule has 1 fully saturated rings. The van der Waals surface area contributed by atoms with Crippen molar-refractivity contribution in [1.82, 2.24) is 10.2 Å². The lowest BCUT2D eigenvalue weighted by Crippen LogP contribution is -2.30. The monoisotopic (exact) mass is 560 g/mol. The van der Waals surface area contributed by atoms with Crippen LogP contribution in [0.2, 0.25) is 0 Å². The molecule has 1 saturated heterocycles. The molecule has 5 rings (SSSR count). The van der Waals surface area contributed by atoms with Crippen molar-refractivity contribution in [2.24, 2.45) is 0 Å². The van der Waals surface area contributed by atoms with E-state index in [4.69, 9.17) is 9.47 Å². The topological polar surface area (TPSA) is 67.9 Å². The fraction of sp³-hybridized carbons (Fsp3) is 0.103. The Bertz CT molecular complexity index is 1550. The number of nitrogens with one attached hydrogen (secondary N) is 1. The van der Waals surface area contributed by atoms with Gasteiger partial charge in [0, 0.05) is 5.56 Å². The van der Waals surface area contributed by atoms with E-state index in [1.54, 1.807) is 30.3 Å². The molecule has 0 spiro atoms. The van der Waals surface area contributed by atoms with Gasteiger partial charge in [0.05, 0.1) is 18.1 Å². The van der Waals surface area contributed by atoms with E-state index >= 15 is 0 Å². The number of rotatable bonds is 7. The van der Waals surface area contributed by atoms with Crippen LogP contribution in [0.1, 0.15) is 16.7 Å². The SMILES string of the molecule is COc1cc(/C=C2/NC(=O)N(Cc3ccccc3F)C2=O)cc(Br)c1OCc1ccc2ccccc2c1. The number of ether oxygens (including phenoxy) is 2. The van der Waals surface area contributed by atoms with Gasteiger partial charge in [0.2, 0.25) is 0 Å². The van der Waals surface area contributed by atoms with Crippen molar-refractivity contribution in [3.8, 4) is 11.5 Å². The van der Waals surface area contributed by atoms with E-state index in [0.29, 0.717) is 28.1 Å². The highest BCUT2D eigenvalue weighted by Gasteiger charge is 2.34. The minimum absolute atomic E-state index is 0.0834. The van der Waals surface area contributed by atoms with Gasteiger partial charge < -0.3 is 14.8 Å². The molecule has 0 saturated carbocycles. The summed E-state index contributed by atoms with van der Waals surface area (Å²) in [6.45, 7) is 0.170. The van der Waals surface area contributed by atoms with Gasteiger partial charge in [-0.25, -0.2) is 9.18 Å². The van der Waals surface area contributed by atoms with Crippen molar-refractivity contribution < 1.29 is 23.5 Å². The van der Waals surface area contributed by atoms with E-state index in [-0.39, 0.29) is 17.8 Å². The number of hydrogen-bond acceptors (Lipinski definition) is 4. The molecule has 0 bridgehead atoms. The molecule has 6 nitrogen and oxygen atoms in total. The Morgan fingerprint density at radius 2 is 1.73 bits per heavy atom. The van der Waals surface area contributed by atoms with E-state index in [2.05, 4.69) is 45.5 Å². The molecule has 186 valence electrons. The summed E-state index contributed by atoms with van der Waals surface area (Å²) in [6, 6.07) is 23.2. The Hall–Kier alpha value is -4.17. The second kappa shape index (κ2) is 10.4. The smallest absolute Gasteiger partial charge is 0.329 e. The number of halogens is 2. The van der Waals surface area contributed by atoms with Gasteiger partial charge in [-0.15, -0.1) is 0 Å². The van der Waals surface area contributed by atoms with Crippen molar-refractivity contribution in [3.05, 3.63) is 112 Å². The van der Waals surface area contributed by atoms with Crippen LogP contribution in [-0.2, 0) is 17.9 Å². The summed E-state index contributed by atoms with van der Waals surface area (Å²) in [7, 11) is 1.53. The van der Waals surface area contributed by atoms with E-state index in [1.807, 2.05) is 18.2 Å². The maximum absolute atomic E-state index is 14.0. The number of carbonyl (C=O) groups excluding carboxylic acids is 2. The van der Waals surface area contributed by atoms with Crippen molar-refractivity contribution in [3.63, 3.8) is 0 Å². The third-order valence-electron chi connectivity index (χ3n) is 6.01. The third-order valence-corrected chi connectivity index (χ3v) is 6.60. The average Bonchev–Trinajstić information content (AvgIpc) is 3.16. The summed E-state index contributed by atoms with van der Waals surface area (Å²) in [4.78, 5) is 26.3. The Kier molecular flexibility index (Phi) is 6.92. The van der Waals surface area contributed by atoms with Crippen LogP contribution in [0.5, 0.6) is 11.5 Å². The highest BCUT2D eigenvalue weighted by atomic mass is 79.9. The van der Waals surface area contributed by atoms with Gasteiger partial charge in [-0.2, -0.15) is 0 Å². The minimum atomic E-state index is -0.610. The first kappa shape index (κ1) is 24.5. The van der Waals surface area contributed by atoms with Gasteiger partial charge in [-0.1, -0.05) is 54.6 Å². The molecule has 8 heteroatoms. The molecule has 1 heterocycles. The first-order valence-electron chi connectivity index (χ1n) is 11.5. The lowest BCUT2D eigenvalue weighted by molar-refractivity contribution is -0.123. The van der Waals surface area contributed by atoms with Crippen molar-refractivity contribution in [2.75, 3.05) is 7.11 Å². The quantitative estimate of drug-likeness (QED) is 0.209. The average molecular weight is 561 g/mol. The van der Waals surface area contributed by atoms with E-state index in [1.165, 1.54) is 19.2 Å². The predicted octanol–water partition coefficient (Wildman–Crippen LogP) is 6.42. The second-order valence-corrected chi connectivity index (χ2v) is 9.33. The van der Waals surface area contributed by atoms with Crippen LogP contribution in [-0.4, -0.2) is 23.9 Å². The molecule has 0 aromatic heterocycles. The van der Waals surface area contributed by atoms with Crippen LogP contribution in [0.4, 0.5) is 9.18 Å². The van der Waals surface area contributed by atoms with Gasteiger partial charge in [0.25, 0.3) is 5.91 Å². The van der Waals surface area contributed by atoms with Gasteiger partial charge in [0.15, 0.2) is 11.5 Å². The van der Waals surface area contributed by atoms with Crippen LogP contribution in [0.15, 0.2) is 89.0 Å². The van der Waals surface area contributed by atoms with Crippen LogP contribution in [0, 0.1) is 5.82 Å². The second-order valence-electron chi connectivity index (χ2n) is 8.48. The third kappa shape index (κ3) is 5.20. The zero-order valence-corrected chi connectivity index (χ0v) is 21.4. The van der Waals surface area contributed by atoms with Crippen molar-refractivity contribution in [2.45, 2.75) is 13.2 Å². The largest absolute Gasteiger partial charge is 0.493 e. The normalized spacial score (nSPS) is 14.4. The molecule has 0 atom stereocenters. The summed E-state index contributed by atoms with van der Waals surface area (Å²) < 4.78 is 26.3. The fourth-order valence-electron chi connectivity index (χ4n) is 4.13. The van der Waals surface area contributed by atoms with Gasteiger partial charge in [-0.3, -0.25) is 9.69 Å². The maximum Gasteiger partial charge on any atom is 0.329 e. The maximum atomic E-state index is 14.0. The number of amides is 3. The number of nitrogens with zero attached hydrogens (tertiary/aromatic N) is 1. The standard InChI is InChI=1S/C29H22BrFN2O4/c1-36-26-15-19(14-25-28(34)33(29(35)32-25)16-22-8-4-5-9-24(22)31)13-23(30)27(26)37-17-18-10-11-20-6-2-3-7-21(20)12-18/h2-15H,16-17H2,1H3,(H,32,35)/b25-14+. The van der Waals surface area contributed by atoms with E-state index in [0.717, 1.165) is 21.2 Å². The number of fused-ring (bicyclic) bond motifs is 1. The summed E-state index contributed by atoms with van der Waals surface area (Å²) in [5.41, 5.74) is 1.95. The molecule has 4 aromatic carbocycles. The number of urea groups is 1. The number of methoxy groups -OCH3 is 1. The van der Waals surface area contributed by atoms with E-state index in [9.17, 15) is 14.0 Å². The highest BCUT2D eigenvalue weighted by Crippen LogP contribution is 2.38. The highest BCUT2D eigenvalue weighted by molar-refractivity contribution is 9.10. The number of benzene rings is 4. The Morgan fingerprint density at radius 3 is 2.51 bits per heavy atom. The molecule has 3 amide bonds. The van der Waals surface area contributed by atoms with Crippen LogP contribution < -0.4 is 14.8 Å². The summed E-state index contributed by atoms with van der Waals surface area (Å²) in [6.07, 6.45) is 1.54. The number of hydrogen-bond donors (Lipinski definition) is 1. The summed E-state index contributed by atoms with van der Waals surface area (Å²) in [5.74, 6) is -0.0452. The summed E-state index contributed by atoms with van der Waals surface area (Å²) in [5, 5.41) is 4.85. The molecule has 1 N–H and O–H groups in total. The fourth-order valence-corrected chi connectivity index (χ4v) is 4.70. The lowest BCUT2D eigenvalue weighted by Gasteiger charge is -2.14. The molecular formula is C29H22BrFN2O4. The van der Waals surface area contributed by atoms with Crippen molar-refractivity contribution in [1.29, 1.82) is 0 Å². The first-order valence-corrected chi connectivity index (χ1v) is 12.3. The number of imide groups is 1. The van der Waals surface area contributed by atoms with Crippen LogP contribution in [0.3, 0.4) is 0 Å². The molecule has 37 heavy (non-hydrogen) atoms. The van der Waals surface area contributed by atoms with Crippen LogP contribution >= 0.6 is 15.9 Å². The van der Waals surface area contributed by atoms with Gasteiger partial charge in [-0.05, 0) is 68.2 Å². The summed E-state index contributed by atoms with van der Waals surface area (Å²) >= 11 is 3.53. The van der Waals surface area contributed by atoms with Gasteiger partial charge in [0.1, 0.15) is 18.1 Å². The zero-order valence-electron chi connectivity index (χ0n) is 19.8. The molecule has 1 aliphatic heterocycles. The Labute approximate surface area is 221 Å². The molecule has 1 aliphatic rings. The molecular weight excluding hydrogens is 539 g/mol. The lowest BCUT2D eigenvalue weighted by atomic mass is 10.1. The Morgan fingerprint density at radius 1 is 0.973 bits per heavy atom. The molecule has 0 aliphatic carbocycles. The van der Waals surface area contributed by atoms with Crippen molar-refractivity contribution >= 4 is 44.7 Å². The first-order chi connectivity index (χ1) is 17.9. The minimum Gasteiger partial charge on any atom is -0.493 e. The predicted molar refractivity (Wildman–Crippen MR) is 142 cm³/mol.